The van der Waals surface area contributed by atoms with E-state index in [1.165, 1.54) is 11.3 Å². The van der Waals surface area contributed by atoms with E-state index in [-0.39, 0.29) is 6.54 Å². The standard InChI is InChI=1S/C19H16N2O5S2/c1-11-2-4-13(27-11)9-16-18(23)21(19(24)28-16)10-17(22)20-12-3-5-14-15(8-12)26-7-6-25-14/h2-5,8-9H,6-7,10H2,1H3,(H,20,22)/b16-9+. The molecule has 28 heavy (non-hydrogen) atoms. The van der Waals surface area contributed by atoms with Gasteiger partial charge in [-0.25, -0.2) is 0 Å². The predicted molar refractivity (Wildman–Crippen MR) is 108 cm³/mol. The van der Waals surface area contributed by atoms with Crippen LogP contribution in [0.2, 0.25) is 0 Å². The second-order valence-electron chi connectivity index (χ2n) is 6.12. The topological polar surface area (TPSA) is 84.9 Å². The highest BCUT2D eigenvalue weighted by Gasteiger charge is 2.36. The van der Waals surface area contributed by atoms with Gasteiger partial charge in [-0.15, -0.1) is 11.3 Å². The molecule has 0 radical (unpaired) electrons. The molecule has 0 unspecified atom stereocenters. The van der Waals surface area contributed by atoms with E-state index in [2.05, 4.69) is 5.32 Å². The largest absolute Gasteiger partial charge is 0.486 e. The lowest BCUT2D eigenvalue weighted by atomic mass is 10.2. The molecule has 1 aromatic heterocycles. The first-order valence-electron chi connectivity index (χ1n) is 8.51. The molecule has 0 bridgehead atoms. The molecule has 2 aromatic rings. The smallest absolute Gasteiger partial charge is 0.294 e. The molecule has 9 heteroatoms. The number of anilines is 1. The average molecular weight is 416 g/mol. The molecule has 7 nitrogen and oxygen atoms in total. The van der Waals surface area contributed by atoms with Crippen molar-refractivity contribution >= 4 is 51.9 Å². The van der Waals surface area contributed by atoms with Gasteiger partial charge >= 0.3 is 0 Å². The van der Waals surface area contributed by atoms with Crippen molar-refractivity contribution in [3.05, 3.63) is 45.0 Å². The fraction of sp³-hybridized carbons (Fsp3) is 0.211. The van der Waals surface area contributed by atoms with Crippen LogP contribution >= 0.6 is 23.1 Å². The molecule has 144 valence electrons. The first kappa shape index (κ1) is 18.6. The van der Waals surface area contributed by atoms with Gasteiger partial charge in [-0.2, -0.15) is 0 Å². The Morgan fingerprint density at radius 2 is 1.96 bits per heavy atom. The molecule has 4 rings (SSSR count). The zero-order chi connectivity index (χ0) is 19.7. The second-order valence-corrected chi connectivity index (χ2v) is 8.44. The highest BCUT2D eigenvalue weighted by atomic mass is 32.2. The maximum absolute atomic E-state index is 12.5. The van der Waals surface area contributed by atoms with Gasteiger partial charge in [0.15, 0.2) is 11.5 Å². The van der Waals surface area contributed by atoms with Crippen LogP contribution in [0.3, 0.4) is 0 Å². The molecule has 3 amide bonds. The molecular formula is C19H16N2O5S2. The van der Waals surface area contributed by atoms with Crippen LogP contribution in [0, 0.1) is 6.92 Å². The maximum atomic E-state index is 12.5. The number of benzene rings is 1. The number of thiophene rings is 1. The van der Waals surface area contributed by atoms with Crippen LogP contribution in [-0.4, -0.2) is 41.7 Å². The van der Waals surface area contributed by atoms with Crippen LogP contribution in [0.4, 0.5) is 10.5 Å². The molecule has 1 fully saturated rings. The van der Waals surface area contributed by atoms with Crippen LogP contribution in [-0.2, 0) is 9.59 Å². The Balaban J connectivity index is 1.42. The van der Waals surface area contributed by atoms with Crippen molar-refractivity contribution in [1.29, 1.82) is 0 Å². The molecule has 0 spiro atoms. The van der Waals surface area contributed by atoms with E-state index < -0.39 is 17.1 Å². The highest BCUT2D eigenvalue weighted by molar-refractivity contribution is 8.18. The summed E-state index contributed by atoms with van der Waals surface area (Å²) in [5.74, 6) is 0.235. The van der Waals surface area contributed by atoms with E-state index in [1.54, 1.807) is 24.3 Å². The summed E-state index contributed by atoms with van der Waals surface area (Å²) in [7, 11) is 0. The number of rotatable bonds is 4. The van der Waals surface area contributed by atoms with Crippen molar-refractivity contribution in [2.75, 3.05) is 25.1 Å². The number of carbonyl (C=O) groups excluding carboxylic acids is 3. The van der Waals surface area contributed by atoms with Crippen molar-refractivity contribution < 1.29 is 23.9 Å². The van der Waals surface area contributed by atoms with Crippen molar-refractivity contribution in [2.45, 2.75) is 6.92 Å². The number of aryl methyl sites for hydroxylation is 1. The van der Waals surface area contributed by atoms with Crippen LogP contribution in [0.15, 0.2) is 35.2 Å². The van der Waals surface area contributed by atoms with Crippen LogP contribution < -0.4 is 14.8 Å². The number of nitrogens with zero attached hydrogens (tertiary/aromatic N) is 1. The third-order valence-electron chi connectivity index (χ3n) is 4.04. The second kappa shape index (κ2) is 7.69. The molecule has 0 atom stereocenters. The summed E-state index contributed by atoms with van der Waals surface area (Å²) in [6.07, 6.45) is 1.68. The molecule has 1 N–H and O–H groups in total. The van der Waals surface area contributed by atoms with Crippen LogP contribution in [0.5, 0.6) is 11.5 Å². The van der Waals surface area contributed by atoms with Gasteiger partial charge in [0, 0.05) is 21.5 Å². The van der Waals surface area contributed by atoms with E-state index >= 15 is 0 Å². The first-order chi connectivity index (χ1) is 13.5. The summed E-state index contributed by atoms with van der Waals surface area (Å²) in [5.41, 5.74) is 0.505. The van der Waals surface area contributed by atoms with Gasteiger partial charge in [0.2, 0.25) is 5.91 Å². The highest BCUT2D eigenvalue weighted by Crippen LogP contribution is 2.34. The van der Waals surface area contributed by atoms with Gasteiger partial charge in [0.25, 0.3) is 11.1 Å². The summed E-state index contributed by atoms with van der Waals surface area (Å²) >= 11 is 2.37. The number of fused-ring (bicyclic) bond motifs is 1. The molecule has 3 heterocycles. The van der Waals surface area contributed by atoms with E-state index in [0.717, 1.165) is 26.4 Å². The Kier molecular flexibility index (Phi) is 5.10. The lowest BCUT2D eigenvalue weighted by Crippen LogP contribution is -2.36. The number of nitrogens with one attached hydrogen (secondary N) is 1. The number of imide groups is 1. The lowest BCUT2D eigenvalue weighted by molar-refractivity contribution is -0.127. The SMILES string of the molecule is Cc1ccc(/C=C2/SC(=O)N(CC(=O)Nc3ccc4c(c3)OCCO4)C2=O)s1. The Hall–Kier alpha value is -2.78. The number of hydrogen-bond acceptors (Lipinski definition) is 7. The van der Waals surface area contributed by atoms with Gasteiger partial charge in [0.1, 0.15) is 19.8 Å². The van der Waals surface area contributed by atoms with E-state index in [0.29, 0.717) is 35.3 Å². The maximum Gasteiger partial charge on any atom is 0.294 e. The van der Waals surface area contributed by atoms with E-state index in [4.69, 9.17) is 9.47 Å². The Bertz CT molecular complexity index is 998. The zero-order valence-electron chi connectivity index (χ0n) is 14.9. The summed E-state index contributed by atoms with van der Waals surface area (Å²) in [6, 6.07) is 8.87. The zero-order valence-corrected chi connectivity index (χ0v) is 16.5. The number of ether oxygens (including phenoxy) is 2. The summed E-state index contributed by atoms with van der Waals surface area (Å²) < 4.78 is 10.9. The lowest BCUT2D eigenvalue weighted by Gasteiger charge is -2.19. The van der Waals surface area contributed by atoms with Crippen molar-refractivity contribution in [2.24, 2.45) is 0 Å². The molecular weight excluding hydrogens is 400 g/mol. The minimum absolute atomic E-state index is 0.318. The normalized spacial score (nSPS) is 17.3. The minimum atomic E-state index is -0.466. The number of hydrogen-bond donors (Lipinski definition) is 1. The van der Waals surface area contributed by atoms with Gasteiger partial charge in [-0.1, -0.05) is 0 Å². The summed E-state index contributed by atoms with van der Waals surface area (Å²) in [5, 5.41) is 2.22. The Morgan fingerprint density at radius 1 is 1.18 bits per heavy atom. The van der Waals surface area contributed by atoms with Crippen LogP contribution in [0.1, 0.15) is 9.75 Å². The first-order valence-corrected chi connectivity index (χ1v) is 10.1. The molecule has 0 aliphatic carbocycles. The molecule has 0 saturated carbocycles. The van der Waals surface area contributed by atoms with Gasteiger partial charge in [-0.3, -0.25) is 19.3 Å². The van der Waals surface area contributed by atoms with Gasteiger partial charge < -0.3 is 14.8 Å². The van der Waals surface area contributed by atoms with E-state index in [9.17, 15) is 14.4 Å². The number of carbonyl (C=O) groups is 3. The molecule has 1 saturated heterocycles. The quantitative estimate of drug-likeness (QED) is 0.768. The van der Waals surface area contributed by atoms with Crippen molar-refractivity contribution in [1.82, 2.24) is 4.90 Å². The average Bonchev–Trinajstić information content (AvgIpc) is 3.19. The third-order valence-corrected chi connectivity index (χ3v) is 5.89. The molecule has 2 aliphatic heterocycles. The fourth-order valence-corrected chi connectivity index (χ4v) is 4.49. The van der Waals surface area contributed by atoms with Crippen molar-refractivity contribution in [3.63, 3.8) is 0 Å². The number of amides is 3. The summed E-state index contributed by atoms with van der Waals surface area (Å²) in [6.45, 7) is 2.55. The van der Waals surface area contributed by atoms with E-state index in [1.807, 2.05) is 19.1 Å². The third kappa shape index (κ3) is 3.90. The van der Waals surface area contributed by atoms with Gasteiger partial charge in [-0.05, 0) is 49.0 Å². The Labute approximate surface area is 169 Å². The molecule has 1 aromatic carbocycles. The summed E-state index contributed by atoms with van der Waals surface area (Å²) in [4.78, 5) is 40.3. The monoisotopic (exact) mass is 416 g/mol. The minimum Gasteiger partial charge on any atom is -0.486 e. The molecule has 2 aliphatic rings. The number of thioether (sulfide) groups is 1. The van der Waals surface area contributed by atoms with Crippen LogP contribution in [0.25, 0.3) is 6.08 Å². The Morgan fingerprint density at radius 3 is 2.71 bits per heavy atom. The predicted octanol–water partition coefficient (Wildman–Crippen LogP) is 3.50. The van der Waals surface area contributed by atoms with Gasteiger partial charge in [0.05, 0.1) is 4.91 Å². The fourth-order valence-electron chi connectivity index (χ4n) is 2.76. The van der Waals surface area contributed by atoms with Crippen molar-refractivity contribution in [3.8, 4) is 11.5 Å².